The number of hydrogen-bond donors (Lipinski definition) is 1. The van der Waals surface area contributed by atoms with E-state index in [1.807, 2.05) is 0 Å². The van der Waals surface area contributed by atoms with Crippen molar-refractivity contribution in [2.24, 2.45) is 10.7 Å². The van der Waals surface area contributed by atoms with Gasteiger partial charge >= 0.3 is 6.18 Å². The van der Waals surface area contributed by atoms with Crippen molar-refractivity contribution in [2.75, 3.05) is 0 Å². The van der Waals surface area contributed by atoms with Gasteiger partial charge in [0.05, 0.1) is 27.5 Å². The Kier molecular flexibility index (Phi) is 6.48. The first-order chi connectivity index (χ1) is 13.0. The van der Waals surface area contributed by atoms with E-state index in [2.05, 4.69) is 9.98 Å². The summed E-state index contributed by atoms with van der Waals surface area (Å²) in [5.74, 6) is 0. The summed E-state index contributed by atoms with van der Waals surface area (Å²) in [5, 5.41) is 16.4. The van der Waals surface area contributed by atoms with E-state index in [4.69, 9.17) is 62.7 Å². The van der Waals surface area contributed by atoms with Crippen LogP contribution in [0.15, 0.2) is 28.5 Å². The Balaban J connectivity index is 2.60. The van der Waals surface area contributed by atoms with Gasteiger partial charge in [0.15, 0.2) is 5.70 Å². The number of halogens is 7. The lowest BCUT2D eigenvalue weighted by Crippen LogP contribution is -2.07. The second-order valence-electron chi connectivity index (χ2n) is 4.92. The zero-order valence-electron chi connectivity index (χ0n) is 13.2. The van der Waals surface area contributed by atoms with Crippen LogP contribution in [0.2, 0.25) is 20.5 Å². The number of aromatic nitrogens is 2. The van der Waals surface area contributed by atoms with Crippen molar-refractivity contribution in [3.63, 3.8) is 0 Å². The van der Waals surface area contributed by atoms with Crippen LogP contribution in [-0.4, -0.2) is 15.8 Å². The molecule has 6 nitrogen and oxygen atoms in total. The lowest BCUT2D eigenvalue weighted by molar-refractivity contribution is -0.137. The summed E-state index contributed by atoms with van der Waals surface area (Å²) in [4.78, 5) is 7.58. The van der Waals surface area contributed by atoms with E-state index in [-0.39, 0.29) is 31.9 Å². The summed E-state index contributed by atoms with van der Waals surface area (Å²) in [5.41, 5.74) is 3.22. The van der Waals surface area contributed by atoms with Gasteiger partial charge in [-0.2, -0.15) is 23.7 Å². The van der Waals surface area contributed by atoms with Gasteiger partial charge in [0.1, 0.15) is 28.7 Å². The molecule has 0 aliphatic carbocycles. The van der Waals surface area contributed by atoms with E-state index < -0.39 is 23.1 Å². The summed E-state index contributed by atoms with van der Waals surface area (Å²) in [6.45, 7) is 0. The summed E-state index contributed by atoms with van der Waals surface area (Å²) in [6, 6.07) is 4.48. The third-order valence-corrected chi connectivity index (χ3v) is 4.36. The second kappa shape index (κ2) is 8.29. The summed E-state index contributed by atoms with van der Waals surface area (Å²) in [6.07, 6.45) is -3.66. The molecule has 144 valence electrons. The quantitative estimate of drug-likeness (QED) is 0.498. The van der Waals surface area contributed by atoms with Gasteiger partial charge in [-0.3, -0.25) is 4.57 Å². The molecule has 0 bridgehead atoms. The standard InChI is InChI=1S/C15H5Cl4F3N6/c16-7-1-6(15(20,21)22)2-8(17)12(7)28-13(18)11(27-14(28)19)5-26-10(4-24)9(25)3-23/h1-2,5H,25H2. The number of imidazole rings is 1. The van der Waals surface area contributed by atoms with E-state index in [9.17, 15) is 13.2 Å². The van der Waals surface area contributed by atoms with Crippen LogP contribution in [0.25, 0.3) is 5.69 Å². The van der Waals surface area contributed by atoms with Crippen LogP contribution in [0.3, 0.4) is 0 Å². The number of nitrogens with two attached hydrogens (primary N) is 1. The zero-order chi connectivity index (χ0) is 21.2. The van der Waals surface area contributed by atoms with Crippen LogP contribution < -0.4 is 5.73 Å². The third kappa shape index (κ3) is 4.34. The molecular weight excluding hydrogens is 463 g/mol. The van der Waals surface area contributed by atoms with E-state index in [1.54, 1.807) is 12.1 Å². The van der Waals surface area contributed by atoms with Crippen molar-refractivity contribution in [2.45, 2.75) is 6.18 Å². The largest absolute Gasteiger partial charge is 0.416 e. The summed E-state index contributed by atoms with van der Waals surface area (Å²) < 4.78 is 39.6. The molecule has 1 aromatic carbocycles. The van der Waals surface area contributed by atoms with Gasteiger partial charge in [0, 0.05) is 0 Å². The van der Waals surface area contributed by atoms with E-state index in [0.29, 0.717) is 12.1 Å². The first-order valence-electron chi connectivity index (χ1n) is 6.85. The van der Waals surface area contributed by atoms with Gasteiger partial charge in [-0.1, -0.05) is 34.8 Å². The molecule has 0 spiro atoms. The minimum Gasteiger partial charge on any atom is -0.388 e. The van der Waals surface area contributed by atoms with Crippen molar-refractivity contribution in [3.8, 4) is 17.8 Å². The molecule has 2 rings (SSSR count). The van der Waals surface area contributed by atoms with Gasteiger partial charge in [-0.25, -0.2) is 9.98 Å². The zero-order valence-corrected chi connectivity index (χ0v) is 16.2. The molecule has 2 aromatic rings. The molecule has 1 aromatic heterocycles. The number of nitriles is 2. The van der Waals surface area contributed by atoms with Crippen LogP contribution in [0.4, 0.5) is 13.2 Å². The maximum absolute atomic E-state index is 12.9. The number of hydrogen-bond acceptors (Lipinski definition) is 5. The number of aliphatic imine (C=N–C) groups is 1. The Bertz CT molecular complexity index is 1070. The highest BCUT2D eigenvalue weighted by atomic mass is 35.5. The van der Waals surface area contributed by atoms with Crippen LogP contribution in [-0.2, 0) is 6.18 Å². The van der Waals surface area contributed by atoms with E-state index in [0.717, 1.165) is 10.8 Å². The number of nitrogens with zero attached hydrogens (tertiary/aromatic N) is 5. The Labute approximate surface area is 175 Å². The van der Waals surface area contributed by atoms with Crippen molar-refractivity contribution in [3.05, 3.63) is 55.3 Å². The van der Waals surface area contributed by atoms with Crippen molar-refractivity contribution >= 4 is 52.6 Å². The van der Waals surface area contributed by atoms with Crippen LogP contribution in [0, 0.1) is 22.7 Å². The third-order valence-electron chi connectivity index (χ3n) is 3.17. The van der Waals surface area contributed by atoms with Crippen LogP contribution in [0.5, 0.6) is 0 Å². The molecule has 0 aliphatic heterocycles. The highest BCUT2D eigenvalue weighted by Gasteiger charge is 2.32. The number of alkyl halides is 3. The molecule has 2 N–H and O–H groups in total. The molecule has 0 aliphatic rings. The fourth-order valence-electron chi connectivity index (χ4n) is 1.94. The maximum Gasteiger partial charge on any atom is 0.416 e. The van der Waals surface area contributed by atoms with Gasteiger partial charge in [-0.05, 0) is 23.7 Å². The molecule has 13 heteroatoms. The second-order valence-corrected chi connectivity index (χ2v) is 6.43. The normalized spacial score (nSPS) is 12.6. The minimum absolute atomic E-state index is 0.0720. The molecule has 0 amide bonds. The first-order valence-corrected chi connectivity index (χ1v) is 8.36. The Morgan fingerprint density at radius 2 is 1.71 bits per heavy atom. The van der Waals surface area contributed by atoms with Gasteiger partial charge in [-0.15, -0.1) is 0 Å². The molecule has 0 fully saturated rings. The summed E-state index contributed by atoms with van der Waals surface area (Å²) in [7, 11) is 0. The first kappa shape index (κ1) is 21.9. The van der Waals surface area contributed by atoms with Crippen LogP contribution >= 0.6 is 46.4 Å². The molecule has 28 heavy (non-hydrogen) atoms. The fraction of sp³-hybridized carbons (Fsp3) is 0.0667. The maximum atomic E-state index is 12.9. The lowest BCUT2D eigenvalue weighted by atomic mass is 10.2. The summed E-state index contributed by atoms with van der Waals surface area (Å²) >= 11 is 24.1. The van der Waals surface area contributed by atoms with Gasteiger partial charge < -0.3 is 5.73 Å². The fourth-order valence-corrected chi connectivity index (χ4v) is 3.16. The smallest absolute Gasteiger partial charge is 0.388 e. The van der Waals surface area contributed by atoms with E-state index >= 15 is 0 Å². The molecular formula is C15H5Cl4F3N6. The Morgan fingerprint density at radius 3 is 2.18 bits per heavy atom. The van der Waals surface area contributed by atoms with Crippen LogP contribution in [0.1, 0.15) is 11.3 Å². The number of allylic oxidation sites excluding steroid dienone is 2. The monoisotopic (exact) mass is 466 g/mol. The topological polar surface area (TPSA) is 104 Å². The molecule has 0 saturated heterocycles. The van der Waals surface area contributed by atoms with Gasteiger partial charge in [0.2, 0.25) is 5.28 Å². The highest BCUT2D eigenvalue weighted by molar-refractivity contribution is 6.39. The highest BCUT2D eigenvalue weighted by Crippen LogP contribution is 2.40. The molecule has 0 saturated carbocycles. The minimum atomic E-state index is -4.66. The predicted molar refractivity (Wildman–Crippen MR) is 98.6 cm³/mol. The molecule has 0 unspecified atom stereocenters. The number of benzene rings is 1. The van der Waals surface area contributed by atoms with Gasteiger partial charge in [0.25, 0.3) is 0 Å². The average Bonchev–Trinajstić information content (AvgIpc) is 2.88. The molecule has 0 atom stereocenters. The lowest BCUT2D eigenvalue weighted by Gasteiger charge is -2.14. The predicted octanol–water partition coefficient (Wildman–Crippen LogP) is 5.14. The van der Waals surface area contributed by atoms with E-state index in [1.165, 1.54) is 0 Å². The SMILES string of the molecule is N#CC(N)=C(C#N)N=Cc1nc(Cl)n(-c2c(Cl)cc(C(F)(F)F)cc2Cl)c1Cl. The molecule has 0 radical (unpaired) electrons. The van der Waals surface area contributed by atoms with Crippen molar-refractivity contribution in [1.29, 1.82) is 10.5 Å². The number of rotatable bonds is 3. The molecule has 1 heterocycles. The average molecular weight is 468 g/mol. The Hall–Kier alpha value is -2.43. The van der Waals surface area contributed by atoms with Crippen molar-refractivity contribution < 1.29 is 13.2 Å². The Morgan fingerprint density at radius 1 is 1.14 bits per heavy atom. The van der Waals surface area contributed by atoms with Crippen molar-refractivity contribution in [1.82, 2.24) is 9.55 Å².